The van der Waals surface area contributed by atoms with Crippen molar-refractivity contribution in [3.05, 3.63) is 0 Å². The number of rotatable bonds is 4. The molecule has 5 fully saturated rings. The third kappa shape index (κ3) is 20.7. The first-order chi connectivity index (χ1) is 23.1. The molecule has 5 aliphatic carbocycles. The summed E-state index contributed by atoms with van der Waals surface area (Å²) in [5.41, 5.74) is 3.38. The van der Waals surface area contributed by atoms with Gasteiger partial charge in [0.05, 0.1) is 0 Å². The summed E-state index contributed by atoms with van der Waals surface area (Å²) in [5.74, 6) is 1.13. The van der Waals surface area contributed by atoms with Gasteiger partial charge in [0.25, 0.3) is 0 Å². The molecule has 0 heterocycles. The van der Waals surface area contributed by atoms with Gasteiger partial charge in [-0.25, -0.2) is 8.78 Å². The minimum absolute atomic E-state index is 0. The molecule has 0 aromatic heterocycles. The first kappa shape index (κ1) is 54.0. The predicted molar refractivity (Wildman–Crippen MR) is 235 cm³/mol. The zero-order chi connectivity index (χ0) is 38.3. The number of halogens is 2. The summed E-state index contributed by atoms with van der Waals surface area (Å²) in [5, 5.41) is 0. The highest BCUT2D eigenvalue weighted by molar-refractivity contribution is 4.85. The van der Waals surface area contributed by atoms with Crippen molar-refractivity contribution in [2.75, 3.05) is 0 Å². The van der Waals surface area contributed by atoms with Crippen molar-refractivity contribution in [1.82, 2.24) is 0 Å². The predicted octanol–water partition coefficient (Wildman–Crippen LogP) is 18.9. The van der Waals surface area contributed by atoms with E-state index in [9.17, 15) is 8.78 Å². The largest absolute Gasteiger partial charge is 0.248 e. The second-order valence-corrected chi connectivity index (χ2v) is 21.2. The van der Waals surface area contributed by atoms with Gasteiger partial charge < -0.3 is 0 Å². The molecular weight excluding hydrogens is 639 g/mol. The maximum absolute atomic E-state index is 12.4. The van der Waals surface area contributed by atoms with Gasteiger partial charge in [-0.15, -0.1) is 0 Å². The number of hydrogen-bond acceptors (Lipinski definition) is 0. The summed E-state index contributed by atoms with van der Waals surface area (Å²) in [6, 6.07) is 0. The third-order valence-electron chi connectivity index (χ3n) is 15.8. The summed E-state index contributed by atoms with van der Waals surface area (Å²) >= 11 is 0. The lowest BCUT2D eigenvalue weighted by Gasteiger charge is -2.41. The van der Waals surface area contributed by atoms with Crippen LogP contribution in [-0.4, -0.2) is 5.92 Å². The van der Waals surface area contributed by atoms with E-state index >= 15 is 0 Å². The normalized spacial score (nSPS) is 35.0. The van der Waals surface area contributed by atoms with Gasteiger partial charge in [0.15, 0.2) is 0 Å². The molecule has 0 amide bonds. The molecule has 0 aliphatic heterocycles. The standard InChI is InChI=1S/C11H22.3C10H20.C7H12F2.2CH4/c1-5-11(4)8-6-10(2,3)7-9-11;1-4-10(3)7-5-9(2)6-8-10;1-4-10(3)7-5-6-9(2)8-10;1-4-10(3)8-6-5-7-9(10)2;1-6-2-4-7(8,9)5-3-6;;/h5-9H2,1-4H3;3*9H,4-8H2,1-3H3;6H,2-5H2,1H3;2*1H4. The quantitative estimate of drug-likeness (QED) is 0.269. The van der Waals surface area contributed by atoms with E-state index in [1.54, 1.807) is 0 Å². The minimum atomic E-state index is -2.34. The van der Waals surface area contributed by atoms with Crippen molar-refractivity contribution in [1.29, 1.82) is 0 Å². The van der Waals surface area contributed by atoms with E-state index in [0.717, 1.165) is 17.8 Å². The van der Waals surface area contributed by atoms with Gasteiger partial charge in [0.1, 0.15) is 0 Å². The third-order valence-corrected chi connectivity index (χ3v) is 15.8. The highest BCUT2D eigenvalue weighted by Gasteiger charge is 2.34. The second-order valence-electron chi connectivity index (χ2n) is 21.2. The van der Waals surface area contributed by atoms with E-state index in [0.29, 0.717) is 45.8 Å². The summed E-state index contributed by atoms with van der Waals surface area (Å²) in [4.78, 5) is 0. The molecule has 0 bridgehead atoms. The zero-order valence-electron chi connectivity index (χ0n) is 37.0. The summed E-state index contributed by atoms with van der Waals surface area (Å²) in [7, 11) is 0. The van der Waals surface area contributed by atoms with Crippen molar-refractivity contribution in [2.24, 2.45) is 50.7 Å². The molecule has 0 aromatic rings. The molecule has 2 heteroatoms. The summed E-state index contributed by atoms with van der Waals surface area (Å²) in [6.45, 7) is 33.2. The Kier molecular flexibility index (Phi) is 25.4. The number of hydrogen-bond donors (Lipinski definition) is 0. The van der Waals surface area contributed by atoms with Crippen LogP contribution in [0.15, 0.2) is 0 Å². The van der Waals surface area contributed by atoms with Crippen LogP contribution in [0.2, 0.25) is 0 Å². The van der Waals surface area contributed by atoms with Crippen LogP contribution >= 0.6 is 0 Å². The molecule has 4 unspecified atom stereocenters. The van der Waals surface area contributed by atoms with Crippen LogP contribution in [0, 0.1) is 50.7 Å². The van der Waals surface area contributed by atoms with Gasteiger partial charge in [-0.1, -0.05) is 182 Å². The molecule has 0 aromatic carbocycles. The average molecular weight is 741 g/mol. The highest BCUT2D eigenvalue weighted by Crippen LogP contribution is 2.47. The Bertz CT molecular complexity index is 861. The molecule has 5 aliphatic rings. The van der Waals surface area contributed by atoms with E-state index in [4.69, 9.17) is 0 Å². The number of alkyl halides is 2. The molecule has 0 N–H and O–H groups in total. The van der Waals surface area contributed by atoms with Crippen LogP contribution in [0.5, 0.6) is 0 Å². The second kappa shape index (κ2) is 24.5. The first-order valence-electron chi connectivity index (χ1n) is 22.5. The maximum Gasteiger partial charge on any atom is 0.248 e. The van der Waals surface area contributed by atoms with Gasteiger partial charge in [0.2, 0.25) is 5.92 Å². The fourth-order valence-electron chi connectivity index (χ4n) is 9.22. The first-order valence-corrected chi connectivity index (χ1v) is 22.5. The van der Waals surface area contributed by atoms with Crippen molar-refractivity contribution >= 4 is 0 Å². The van der Waals surface area contributed by atoms with Crippen molar-refractivity contribution < 1.29 is 8.78 Å². The smallest absolute Gasteiger partial charge is 0.207 e. The van der Waals surface area contributed by atoms with E-state index in [1.165, 1.54) is 128 Å². The van der Waals surface area contributed by atoms with Crippen LogP contribution in [0.4, 0.5) is 8.78 Å². The maximum atomic E-state index is 12.4. The van der Waals surface area contributed by atoms with Gasteiger partial charge in [-0.2, -0.15) is 0 Å². The highest BCUT2D eigenvalue weighted by atomic mass is 19.3. The molecule has 4 atom stereocenters. The van der Waals surface area contributed by atoms with Gasteiger partial charge in [0, 0.05) is 12.8 Å². The van der Waals surface area contributed by atoms with E-state index < -0.39 is 5.92 Å². The lowest BCUT2D eigenvalue weighted by Crippen LogP contribution is -2.28. The molecule has 52 heavy (non-hydrogen) atoms. The zero-order valence-corrected chi connectivity index (χ0v) is 37.0. The topological polar surface area (TPSA) is 0 Å². The Balaban J connectivity index is 0. The average Bonchev–Trinajstić information content (AvgIpc) is 3.08. The lowest BCUT2D eigenvalue weighted by molar-refractivity contribution is -0.0438. The van der Waals surface area contributed by atoms with Gasteiger partial charge >= 0.3 is 0 Å². The lowest BCUT2D eigenvalue weighted by atomic mass is 9.65. The molecule has 5 saturated carbocycles. The SMILES string of the molecule is C.C.CC1CCC(F)(F)CC1.CCC1(C)CCC(C)(C)CC1.CCC1(C)CCC(C)CC1.CCC1(C)CCCC(C)C1.CCC1(C)CCCCC1C. The van der Waals surface area contributed by atoms with Crippen LogP contribution in [0.3, 0.4) is 0 Å². The van der Waals surface area contributed by atoms with Crippen LogP contribution in [0.1, 0.15) is 266 Å². The monoisotopic (exact) mass is 741 g/mol. The van der Waals surface area contributed by atoms with Gasteiger partial charge in [-0.3, -0.25) is 0 Å². The van der Waals surface area contributed by atoms with Crippen molar-refractivity contribution in [3.8, 4) is 0 Å². The molecule has 0 spiro atoms. The molecule has 5 rings (SSSR count). The van der Waals surface area contributed by atoms with E-state index in [-0.39, 0.29) is 27.7 Å². The minimum Gasteiger partial charge on any atom is -0.207 e. The molecular formula is C50H102F2. The Morgan fingerprint density at radius 1 is 0.423 bits per heavy atom. The fraction of sp³-hybridized carbons (Fsp3) is 1.00. The van der Waals surface area contributed by atoms with E-state index in [2.05, 4.69) is 90.0 Å². The summed E-state index contributed by atoms with van der Waals surface area (Å²) < 4.78 is 24.8. The molecule has 0 radical (unpaired) electrons. The van der Waals surface area contributed by atoms with E-state index in [1.807, 2.05) is 6.92 Å². The Morgan fingerprint density at radius 2 is 0.865 bits per heavy atom. The van der Waals surface area contributed by atoms with Gasteiger partial charge in [-0.05, 0) is 121 Å². The van der Waals surface area contributed by atoms with Crippen molar-refractivity contribution in [2.45, 2.75) is 272 Å². The summed E-state index contributed by atoms with van der Waals surface area (Å²) in [6.07, 6.45) is 30.4. The molecule has 0 nitrogen and oxygen atoms in total. The van der Waals surface area contributed by atoms with Crippen LogP contribution in [0.25, 0.3) is 0 Å². The van der Waals surface area contributed by atoms with Crippen molar-refractivity contribution in [3.63, 3.8) is 0 Å². The Hall–Kier alpha value is -0.140. The van der Waals surface area contributed by atoms with Crippen LogP contribution < -0.4 is 0 Å². The molecule has 0 saturated heterocycles. The Labute approximate surface area is 330 Å². The Morgan fingerprint density at radius 3 is 1.21 bits per heavy atom. The fourth-order valence-corrected chi connectivity index (χ4v) is 9.22. The van der Waals surface area contributed by atoms with Crippen LogP contribution in [-0.2, 0) is 0 Å². The molecule has 316 valence electrons.